The van der Waals surface area contributed by atoms with Crippen LogP contribution in [0.5, 0.6) is 0 Å². The first-order chi connectivity index (χ1) is 16.2. The summed E-state index contributed by atoms with van der Waals surface area (Å²) >= 11 is 0. The van der Waals surface area contributed by atoms with E-state index < -0.39 is 0 Å². The van der Waals surface area contributed by atoms with Gasteiger partial charge in [-0.05, 0) is 69.9 Å². The molecule has 3 N–H and O–H groups in total. The lowest BCUT2D eigenvalue weighted by Crippen LogP contribution is -2.27. The number of allylic oxidation sites excluding steroid dienone is 2. The molecule has 0 aliphatic rings. The largest absolute Gasteiger partial charge is 0.404 e. The lowest BCUT2D eigenvalue weighted by atomic mass is 10.1. The van der Waals surface area contributed by atoms with Gasteiger partial charge in [-0.25, -0.2) is 0 Å². The van der Waals surface area contributed by atoms with Gasteiger partial charge < -0.3 is 16.0 Å². The normalized spacial score (nSPS) is 11.1. The van der Waals surface area contributed by atoms with E-state index in [9.17, 15) is 0 Å². The molecule has 0 aliphatic heterocycles. The highest BCUT2D eigenvalue weighted by molar-refractivity contribution is 5.77. The standard InChI is InChI=1S/C15H16N2.C12H24N2.C2H7N/c1-12-4-6-14(7-5-12)13(2)17(3)15-8-10-16-11-9-15;1-5-14(10-11(2)3)8-6-7-12(4)9-13;1-3-2/h4-11H,2H2,1,3H3;6-7,9,11H,5,8,10,13H2,1-4H3;3H,1-2H3/b;7-6-,12-9-;. The Kier molecular flexibility index (Phi) is 17.0. The van der Waals surface area contributed by atoms with Crippen molar-refractivity contribution < 1.29 is 0 Å². The Bertz CT molecular complexity index is 839. The molecule has 1 aromatic heterocycles. The predicted octanol–water partition coefficient (Wildman–Crippen LogP) is 5.72. The molecule has 0 saturated heterocycles. The average Bonchev–Trinajstić information content (AvgIpc) is 2.84. The van der Waals surface area contributed by atoms with Gasteiger partial charge in [-0.3, -0.25) is 9.88 Å². The average molecular weight is 466 g/mol. The molecule has 0 radical (unpaired) electrons. The van der Waals surface area contributed by atoms with E-state index in [0.29, 0.717) is 0 Å². The lowest BCUT2D eigenvalue weighted by Gasteiger charge is -2.21. The number of rotatable bonds is 9. The fourth-order valence-corrected chi connectivity index (χ4v) is 2.96. The fourth-order valence-electron chi connectivity index (χ4n) is 2.96. The number of hydrogen-bond donors (Lipinski definition) is 2. The fraction of sp³-hybridized carbons (Fsp3) is 0.414. The van der Waals surface area contributed by atoms with Gasteiger partial charge in [0.05, 0.1) is 0 Å². The number of pyridine rings is 1. The molecule has 1 heterocycles. The van der Waals surface area contributed by atoms with Crippen molar-refractivity contribution in [2.75, 3.05) is 45.7 Å². The smallest absolute Gasteiger partial charge is 0.0438 e. The van der Waals surface area contributed by atoms with Crippen LogP contribution >= 0.6 is 0 Å². The number of aromatic nitrogens is 1. The monoisotopic (exact) mass is 465 g/mol. The van der Waals surface area contributed by atoms with Crippen molar-refractivity contribution >= 4 is 11.4 Å². The molecule has 0 fully saturated rings. The van der Waals surface area contributed by atoms with Crippen molar-refractivity contribution in [2.24, 2.45) is 11.7 Å². The number of anilines is 1. The summed E-state index contributed by atoms with van der Waals surface area (Å²) in [5, 5.41) is 2.75. The van der Waals surface area contributed by atoms with Gasteiger partial charge in [0, 0.05) is 43.9 Å². The summed E-state index contributed by atoms with van der Waals surface area (Å²) in [6.45, 7) is 18.2. The summed E-state index contributed by atoms with van der Waals surface area (Å²) in [7, 11) is 5.76. The molecule has 5 heteroatoms. The highest BCUT2D eigenvalue weighted by Crippen LogP contribution is 2.22. The van der Waals surface area contributed by atoms with Crippen molar-refractivity contribution in [3.63, 3.8) is 0 Å². The first kappa shape index (κ1) is 31.1. The van der Waals surface area contributed by atoms with E-state index in [1.54, 1.807) is 18.6 Å². The Labute approximate surface area is 209 Å². The van der Waals surface area contributed by atoms with Gasteiger partial charge in [0.15, 0.2) is 0 Å². The Morgan fingerprint density at radius 2 is 1.68 bits per heavy atom. The number of likely N-dealkylation sites (N-methyl/N-ethyl adjacent to an activating group) is 1. The van der Waals surface area contributed by atoms with Gasteiger partial charge >= 0.3 is 0 Å². The van der Waals surface area contributed by atoms with Crippen molar-refractivity contribution in [1.82, 2.24) is 15.2 Å². The van der Waals surface area contributed by atoms with E-state index in [0.717, 1.165) is 48.1 Å². The highest BCUT2D eigenvalue weighted by Gasteiger charge is 2.06. The lowest BCUT2D eigenvalue weighted by molar-refractivity contribution is 0.282. The Hall–Kier alpha value is -2.89. The third-order valence-electron chi connectivity index (χ3n) is 4.92. The Morgan fingerprint density at radius 3 is 2.15 bits per heavy atom. The Morgan fingerprint density at radius 1 is 1.12 bits per heavy atom. The molecule has 0 atom stereocenters. The molecule has 0 unspecified atom stereocenters. The van der Waals surface area contributed by atoms with Gasteiger partial charge in [-0.1, -0.05) is 69.3 Å². The summed E-state index contributed by atoms with van der Waals surface area (Å²) in [6, 6.07) is 12.3. The second-order valence-electron chi connectivity index (χ2n) is 8.64. The van der Waals surface area contributed by atoms with Crippen molar-refractivity contribution in [3.05, 3.63) is 90.4 Å². The minimum atomic E-state index is 0.731. The Balaban J connectivity index is 0.000000585. The van der Waals surface area contributed by atoms with Crippen LogP contribution < -0.4 is 16.0 Å². The van der Waals surface area contributed by atoms with Crippen LogP contribution in [0.4, 0.5) is 5.69 Å². The number of nitrogens with zero attached hydrogens (tertiary/aromatic N) is 3. The summed E-state index contributed by atoms with van der Waals surface area (Å²) in [5.41, 5.74) is 11.0. The molecule has 5 nitrogen and oxygen atoms in total. The molecule has 0 aliphatic carbocycles. The maximum Gasteiger partial charge on any atom is 0.0438 e. The van der Waals surface area contributed by atoms with Crippen molar-refractivity contribution in [1.29, 1.82) is 0 Å². The molecular formula is C29H47N5. The van der Waals surface area contributed by atoms with E-state index in [4.69, 9.17) is 5.73 Å². The molecular weight excluding hydrogens is 418 g/mol. The van der Waals surface area contributed by atoms with Crippen LogP contribution in [-0.2, 0) is 0 Å². The number of aryl methyl sites for hydroxylation is 1. The van der Waals surface area contributed by atoms with Gasteiger partial charge in [0.25, 0.3) is 0 Å². The maximum absolute atomic E-state index is 5.38. The third-order valence-corrected chi connectivity index (χ3v) is 4.92. The molecule has 1 aromatic carbocycles. The molecule has 0 bridgehead atoms. The molecule has 2 aromatic rings. The predicted molar refractivity (Wildman–Crippen MR) is 152 cm³/mol. The zero-order valence-corrected chi connectivity index (χ0v) is 22.7. The van der Waals surface area contributed by atoms with Crippen LogP contribution in [0.3, 0.4) is 0 Å². The molecule has 34 heavy (non-hydrogen) atoms. The summed E-state index contributed by atoms with van der Waals surface area (Å²) in [6.07, 6.45) is 9.45. The number of nitrogens with one attached hydrogen (secondary N) is 1. The molecule has 0 saturated carbocycles. The minimum Gasteiger partial charge on any atom is -0.404 e. The van der Waals surface area contributed by atoms with Crippen LogP contribution in [-0.4, -0.2) is 50.7 Å². The second kappa shape index (κ2) is 18.5. The first-order valence-electron chi connectivity index (χ1n) is 12.0. The van der Waals surface area contributed by atoms with E-state index in [1.165, 1.54) is 5.56 Å². The van der Waals surface area contributed by atoms with Crippen LogP contribution in [0, 0.1) is 12.8 Å². The molecule has 188 valence electrons. The molecule has 0 amide bonds. The number of benzene rings is 1. The van der Waals surface area contributed by atoms with Gasteiger partial charge in [-0.15, -0.1) is 0 Å². The zero-order valence-electron chi connectivity index (χ0n) is 22.7. The van der Waals surface area contributed by atoms with Crippen molar-refractivity contribution in [2.45, 2.75) is 34.6 Å². The van der Waals surface area contributed by atoms with Crippen LogP contribution in [0.15, 0.2) is 79.3 Å². The van der Waals surface area contributed by atoms with Crippen molar-refractivity contribution in [3.8, 4) is 0 Å². The minimum absolute atomic E-state index is 0.731. The van der Waals surface area contributed by atoms with E-state index in [1.807, 2.05) is 40.2 Å². The van der Waals surface area contributed by atoms with E-state index >= 15 is 0 Å². The quantitative estimate of drug-likeness (QED) is 0.464. The third kappa shape index (κ3) is 13.6. The summed E-state index contributed by atoms with van der Waals surface area (Å²) in [4.78, 5) is 8.50. The van der Waals surface area contributed by atoms with Crippen LogP contribution in [0.1, 0.15) is 38.8 Å². The summed E-state index contributed by atoms with van der Waals surface area (Å²) in [5.74, 6) is 0.731. The van der Waals surface area contributed by atoms with Crippen LogP contribution in [0.2, 0.25) is 0 Å². The van der Waals surface area contributed by atoms with Crippen LogP contribution in [0.25, 0.3) is 5.70 Å². The van der Waals surface area contributed by atoms with Gasteiger partial charge in [-0.2, -0.15) is 0 Å². The maximum atomic E-state index is 5.38. The number of nitrogens with two attached hydrogens (primary N) is 1. The van der Waals surface area contributed by atoms with E-state index in [2.05, 4.69) is 90.8 Å². The van der Waals surface area contributed by atoms with Gasteiger partial charge in [0.2, 0.25) is 0 Å². The molecule has 0 spiro atoms. The first-order valence-corrected chi connectivity index (χ1v) is 12.0. The van der Waals surface area contributed by atoms with Gasteiger partial charge in [0.1, 0.15) is 0 Å². The topological polar surface area (TPSA) is 57.4 Å². The highest BCUT2D eigenvalue weighted by atomic mass is 15.1. The second-order valence-corrected chi connectivity index (χ2v) is 8.64. The molecule has 2 rings (SSSR count). The number of hydrogen-bond acceptors (Lipinski definition) is 5. The van der Waals surface area contributed by atoms with E-state index in [-0.39, 0.29) is 0 Å². The SMILES string of the molecule is C=C(c1ccc(C)cc1)N(C)c1ccncc1.CCN(C/C=C\C(C)=C/N)CC(C)C.CNC. The zero-order chi connectivity index (χ0) is 25.9. The summed E-state index contributed by atoms with van der Waals surface area (Å²) < 4.78 is 0.